The lowest BCUT2D eigenvalue weighted by Gasteiger charge is -2.25. The molecule has 162 valence electrons. The molecule has 2 aromatic rings. The Balaban J connectivity index is 1.65. The molecular formula is C23H23F2N3O3. The van der Waals surface area contributed by atoms with E-state index in [0.29, 0.717) is 12.6 Å². The summed E-state index contributed by atoms with van der Waals surface area (Å²) in [4.78, 5) is 37.5. The Kier molecular flexibility index (Phi) is 7.12. The molecule has 0 saturated carbocycles. The predicted molar refractivity (Wildman–Crippen MR) is 111 cm³/mol. The van der Waals surface area contributed by atoms with Gasteiger partial charge in [0.05, 0.1) is 6.42 Å². The van der Waals surface area contributed by atoms with Crippen molar-refractivity contribution in [2.24, 2.45) is 0 Å². The lowest BCUT2D eigenvalue weighted by Crippen LogP contribution is -2.54. The van der Waals surface area contributed by atoms with Crippen LogP contribution in [0.2, 0.25) is 0 Å². The van der Waals surface area contributed by atoms with Crippen LogP contribution in [0.4, 0.5) is 8.78 Å². The smallest absolute Gasteiger partial charge is 0.243 e. The molecule has 2 aromatic carbocycles. The van der Waals surface area contributed by atoms with E-state index in [0.717, 1.165) is 17.7 Å². The fourth-order valence-electron chi connectivity index (χ4n) is 3.43. The van der Waals surface area contributed by atoms with Crippen LogP contribution in [0.3, 0.4) is 0 Å². The van der Waals surface area contributed by atoms with Gasteiger partial charge in [-0.05, 0) is 30.2 Å². The molecule has 0 aliphatic carbocycles. The third-order valence-electron chi connectivity index (χ3n) is 4.92. The number of carbonyl (C=O) groups excluding carboxylic acids is 3. The number of hydrogen-bond acceptors (Lipinski definition) is 3. The second-order valence-electron chi connectivity index (χ2n) is 7.34. The quantitative estimate of drug-likeness (QED) is 0.616. The van der Waals surface area contributed by atoms with Gasteiger partial charge in [-0.2, -0.15) is 0 Å². The topological polar surface area (TPSA) is 87.3 Å². The number of halogens is 2. The zero-order valence-corrected chi connectivity index (χ0v) is 16.9. The first-order valence-corrected chi connectivity index (χ1v) is 9.87. The second kappa shape index (κ2) is 9.97. The van der Waals surface area contributed by atoms with E-state index < -0.39 is 35.5 Å². The molecular weight excluding hydrogens is 404 g/mol. The van der Waals surface area contributed by atoms with Gasteiger partial charge in [-0.3, -0.25) is 14.4 Å². The van der Waals surface area contributed by atoms with Crippen molar-refractivity contribution in [2.45, 2.75) is 31.3 Å². The highest BCUT2D eigenvalue weighted by atomic mass is 19.1. The highest BCUT2D eigenvalue weighted by molar-refractivity contribution is 5.93. The molecule has 6 nitrogen and oxygen atoms in total. The zero-order chi connectivity index (χ0) is 22.4. The van der Waals surface area contributed by atoms with Crippen LogP contribution in [0.1, 0.15) is 24.0 Å². The van der Waals surface area contributed by atoms with E-state index in [9.17, 15) is 23.2 Å². The van der Waals surface area contributed by atoms with Crippen LogP contribution in [0, 0.1) is 11.6 Å². The minimum Gasteiger partial charge on any atom is -0.351 e. The summed E-state index contributed by atoms with van der Waals surface area (Å²) in [6, 6.07) is 10.3. The van der Waals surface area contributed by atoms with E-state index in [1.54, 1.807) is 0 Å². The summed E-state index contributed by atoms with van der Waals surface area (Å²) in [6.07, 6.45) is 3.40. The third-order valence-corrected chi connectivity index (χ3v) is 4.92. The van der Waals surface area contributed by atoms with Gasteiger partial charge in [0.2, 0.25) is 17.7 Å². The second-order valence-corrected chi connectivity index (χ2v) is 7.34. The number of hydrogen-bond donors (Lipinski definition) is 3. The Morgan fingerprint density at radius 2 is 1.81 bits per heavy atom. The molecule has 0 bridgehead atoms. The first kappa shape index (κ1) is 22.1. The van der Waals surface area contributed by atoms with Crippen molar-refractivity contribution in [2.75, 3.05) is 6.54 Å². The summed E-state index contributed by atoms with van der Waals surface area (Å²) < 4.78 is 26.6. The highest BCUT2D eigenvalue weighted by Crippen LogP contribution is 2.23. The van der Waals surface area contributed by atoms with Crippen molar-refractivity contribution < 1.29 is 23.2 Å². The van der Waals surface area contributed by atoms with E-state index in [2.05, 4.69) is 16.0 Å². The number of benzene rings is 2. The van der Waals surface area contributed by atoms with Gasteiger partial charge in [-0.15, -0.1) is 0 Å². The molecule has 1 aliphatic rings. The molecule has 31 heavy (non-hydrogen) atoms. The summed E-state index contributed by atoms with van der Waals surface area (Å²) in [5.41, 5.74) is 1.02. The Morgan fingerprint density at radius 1 is 1.13 bits per heavy atom. The molecule has 1 aliphatic heterocycles. The highest BCUT2D eigenvalue weighted by Gasteiger charge is 2.32. The van der Waals surface area contributed by atoms with Gasteiger partial charge < -0.3 is 16.0 Å². The molecule has 8 heteroatoms. The molecule has 3 N–H and O–H groups in total. The zero-order valence-electron chi connectivity index (χ0n) is 16.9. The van der Waals surface area contributed by atoms with Crippen LogP contribution in [-0.2, 0) is 20.8 Å². The molecule has 3 rings (SSSR count). The first-order valence-electron chi connectivity index (χ1n) is 9.87. The Bertz CT molecular complexity index is 975. The Labute approximate surface area is 178 Å². The first-order chi connectivity index (χ1) is 14.8. The molecule has 0 saturated heterocycles. The minimum absolute atomic E-state index is 0.153. The molecule has 3 atom stereocenters. The SMILES string of the molecule is C[C@H](NC(=O)Cc1cc(F)cc(F)c1)C(=O)N[C@@H]1C(=O)NCC=C[C@H]1c1ccccc1. The Hall–Kier alpha value is -3.55. The molecule has 0 unspecified atom stereocenters. The maximum absolute atomic E-state index is 13.3. The lowest BCUT2D eigenvalue weighted by atomic mass is 9.90. The van der Waals surface area contributed by atoms with Gasteiger partial charge in [0, 0.05) is 18.5 Å². The van der Waals surface area contributed by atoms with Crippen molar-refractivity contribution in [3.63, 3.8) is 0 Å². The van der Waals surface area contributed by atoms with Crippen molar-refractivity contribution in [1.29, 1.82) is 0 Å². The summed E-state index contributed by atoms with van der Waals surface area (Å²) in [5.74, 6) is -3.39. The summed E-state index contributed by atoms with van der Waals surface area (Å²) >= 11 is 0. The maximum atomic E-state index is 13.3. The van der Waals surface area contributed by atoms with Crippen LogP contribution in [-0.4, -0.2) is 36.3 Å². The van der Waals surface area contributed by atoms with Crippen molar-refractivity contribution in [3.05, 3.63) is 83.4 Å². The Morgan fingerprint density at radius 3 is 2.48 bits per heavy atom. The van der Waals surface area contributed by atoms with Crippen LogP contribution in [0.5, 0.6) is 0 Å². The summed E-state index contributed by atoms with van der Waals surface area (Å²) in [7, 11) is 0. The number of nitrogens with one attached hydrogen (secondary N) is 3. The summed E-state index contributed by atoms with van der Waals surface area (Å²) in [5, 5.41) is 7.93. The molecule has 0 fully saturated rings. The molecule has 0 radical (unpaired) electrons. The van der Waals surface area contributed by atoms with Gasteiger partial charge in [-0.25, -0.2) is 8.78 Å². The van der Waals surface area contributed by atoms with Gasteiger partial charge in [-0.1, -0.05) is 42.5 Å². The van der Waals surface area contributed by atoms with Crippen LogP contribution < -0.4 is 16.0 Å². The van der Waals surface area contributed by atoms with Crippen molar-refractivity contribution in [3.8, 4) is 0 Å². The third kappa shape index (κ3) is 5.97. The minimum atomic E-state index is -0.956. The van der Waals surface area contributed by atoms with Gasteiger partial charge in [0.25, 0.3) is 0 Å². The fourth-order valence-corrected chi connectivity index (χ4v) is 3.43. The molecule has 0 aromatic heterocycles. The largest absolute Gasteiger partial charge is 0.351 e. The molecule has 3 amide bonds. The van der Waals surface area contributed by atoms with Gasteiger partial charge in [0.1, 0.15) is 23.7 Å². The molecule has 0 spiro atoms. The number of rotatable bonds is 6. The van der Waals surface area contributed by atoms with Crippen LogP contribution >= 0.6 is 0 Å². The van der Waals surface area contributed by atoms with Gasteiger partial charge in [0.15, 0.2) is 0 Å². The molecule has 1 heterocycles. The standard InChI is InChI=1S/C23H23F2N3O3/c1-14(27-20(29)12-15-10-17(24)13-18(25)11-15)22(30)28-21-19(8-5-9-26-23(21)31)16-6-3-2-4-7-16/h2-8,10-11,13-14,19,21H,9,12H2,1H3,(H,26,31)(H,27,29)(H,28,30)/t14-,19-,21-/m0/s1. The lowest BCUT2D eigenvalue weighted by molar-refractivity contribution is -0.131. The van der Waals surface area contributed by atoms with E-state index in [4.69, 9.17) is 0 Å². The monoisotopic (exact) mass is 427 g/mol. The van der Waals surface area contributed by atoms with Crippen LogP contribution in [0.15, 0.2) is 60.7 Å². The fraction of sp³-hybridized carbons (Fsp3) is 0.261. The average molecular weight is 427 g/mol. The van der Waals surface area contributed by atoms with E-state index in [1.807, 2.05) is 42.5 Å². The van der Waals surface area contributed by atoms with E-state index in [-0.39, 0.29) is 23.8 Å². The van der Waals surface area contributed by atoms with E-state index >= 15 is 0 Å². The maximum Gasteiger partial charge on any atom is 0.243 e. The van der Waals surface area contributed by atoms with Crippen molar-refractivity contribution >= 4 is 17.7 Å². The predicted octanol–water partition coefficient (Wildman–Crippen LogP) is 1.97. The van der Waals surface area contributed by atoms with Crippen LogP contribution in [0.25, 0.3) is 0 Å². The normalized spacial score (nSPS) is 19.1. The average Bonchev–Trinajstić information content (AvgIpc) is 2.89. The summed E-state index contributed by atoms with van der Waals surface area (Å²) in [6.45, 7) is 1.83. The number of carbonyl (C=O) groups is 3. The number of amides is 3. The van der Waals surface area contributed by atoms with E-state index in [1.165, 1.54) is 6.92 Å². The van der Waals surface area contributed by atoms with Gasteiger partial charge >= 0.3 is 0 Å². The van der Waals surface area contributed by atoms with Crippen molar-refractivity contribution in [1.82, 2.24) is 16.0 Å².